The molecule has 0 aromatic heterocycles. The fourth-order valence-electron chi connectivity index (χ4n) is 1.75. The minimum Gasteiger partial charge on any atom is -0.326 e. The predicted molar refractivity (Wildman–Crippen MR) is 68.9 cm³/mol. The molecule has 0 aliphatic heterocycles. The van der Waals surface area contributed by atoms with Gasteiger partial charge in [-0.25, -0.2) is 0 Å². The van der Waals surface area contributed by atoms with Crippen molar-refractivity contribution in [2.45, 2.75) is 13.5 Å². The molecule has 0 fully saturated rings. The Labute approximate surface area is 101 Å². The average Bonchev–Trinajstić information content (AvgIpc) is 2.38. The number of ketones is 1. The molecule has 0 amide bonds. The molecule has 0 saturated heterocycles. The number of aryl methyl sites for hydroxylation is 1. The Bertz CT molecular complexity index is 529. The first-order valence-corrected chi connectivity index (χ1v) is 5.61. The molecule has 2 aromatic carbocycles. The lowest BCUT2D eigenvalue weighted by Gasteiger charge is -2.03. The van der Waals surface area contributed by atoms with E-state index in [9.17, 15) is 4.79 Å². The Balaban J connectivity index is 2.30. The Morgan fingerprint density at radius 1 is 1.06 bits per heavy atom. The van der Waals surface area contributed by atoms with Gasteiger partial charge in [-0.2, -0.15) is 0 Å². The monoisotopic (exact) mass is 225 g/mol. The van der Waals surface area contributed by atoms with Gasteiger partial charge in [-0.1, -0.05) is 48.0 Å². The lowest BCUT2D eigenvalue weighted by molar-refractivity contribution is 0.103. The van der Waals surface area contributed by atoms with E-state index in [4.69, 9.17) is 5.73 Å². The second-order valence-electron chi connectivity index (χ2n) is 4.10. The minimum atomic E-state index is 0.0530. The highest BCUT2D eigenvalue weighted by molar-refractivity contribution is 6.09. The third-order valence-electron chi connectivity index (χ3n) is 2.73. The van der Waals surface area contributed by atoms with E-state index in [-0.39, 0.29) is 5.78 Å². The van der Waals surface area contributed by atoms with Crippen LogP contribution in [0.2, 0.25) is 0 Å². The third-order valence-corrected chi connectivity index (χ3v) is 2.73. The van der Waals surface area contributed by atoms with Crippen molar-refractivity contribution in [1.82, 2.24) is 0 Å². The normalized spacial score (nSPS) is 10.2. The Hall–Kier alpha value is -1.93. The molecule has 2 rings (SSSR count). The van der Waals surface area contributed by atoms with Crippen LogP contribution >= 0.6 is 0 Å². The first-order valence-electron chi connectivity index (χ1n) is 5.61. The van der Waals surface area contributed by atoms with Gasteiger partial charge in [0.15, 0.2) is 5.78 Å². The first-order chi connectivity index (χ1) is 8.20. The van der Waals surface area contributed by atoms with Crippen LogP contribution in [0.3, 0.4) is 0 Å². The van der Waals surface area contributed by atoms with Crippen LogP contribution in [0.15, 0.2) is 48.5 Å². The summed E-state index contributed by atoms with van der Waals surface area (Å²) in [5.41, 5.74) is 9.08. The van der Waals surface area contributed by atoms with E-state index in [0.717, 1.165) is 16.7 Å². The van der Waals surface area contributed by atoms with Crippen LogP contribution in [0.25, 0.3) is 0 Å². The summed E-state index contributed by atoms with van der Waals surface area (Å²) in [5.74, 6) is 0.0530. The van der Waals surface area contributed by atoms with E-state index in [1.807, 2.05) is 55.5 Å². The van der Waals surface area contributed by atoms with Crippen molar-refractivity contribution in [2.24, 2.45) is 5.73 Å². The quantitative estimate of drug-likeness (QED) is 0.816. The van der Waals surface area contributed by atoms with E-state index >= 15 is 0 Å². The second kappa shape index (κ2) is 4.93. The molecule has 86 valence electrons. The molecule has 17 heavy (non-hydrogen) atoms. The summed E-state index contributed by atoms with van der Waals surface area (Å²) in [7, 11) is 0. The van der Waals surface area contributed by atoms with Crippen LogP contribution in [0.4, 0.5) is 0 Å². The van der Waals surface area contributed by atoms with Crippen LogP contribution in [0, 0.1) is 6.92 Å². The molecule has 2 heteroatoms. The van der Waals surface area contributed by atoms with E-state index in [2.05, 4.69) is 0 Å². The van der Waals surface area contributed by atoms with Crippen molar-refractivity contribution in [3.05, 3.63) is 70.8 Å². The molecule has 2 N–H and O–H groups in total. The number of hydrogen-bond donors (Lipinski definition) is 1. The number of carbonyl (C=O) groups excluding carboxylic acids is 1. The summed E-state index contributed by atoms with van der Waals surface area (Å²) >= 11 is 0. The summed E-state index contributed by atoms with van der Waals surface area (Å²) in [6.45, 7) is 2.48. The van der Waals surface area contributed by atoms with E-state index in [1.165, 1.54) is 0 Å². The molecule has 2 aromatic rings. The van der Waals surface area contributed by atoms with Crippen molar-refractivity contribution in [1.29, 1.82) is 0 Å². The predicted octanol–water partition coefficient (Wildman–Crippen LogP) is 2.68. The fraction of sp³-hybridized carbons (Fsp3) is 0.133. The highest BCUT2D eigenvalue weighted by Gasteiger charge is 2.08. The molecule has 0 spiro atoms. The van der Waals surface area contributed by atoms with Crippen LogP contribution in [0.1, 0.15) is 27.0 Å². The number of nitrogens with two attached hydrogens (primary N) is 1. The molecular formula is C15H15NO. The Morgan fingerprint density at radius 3 is 2.35 bits per heavy atom. The van der Waals surface area contributed by atoms with Gasteiger partial charge in [0.25, 0.3) is 0 Å². The summed E-state index contributed by atoms with van der Waals surface area (Å²) in [6.07, 6.45) is 0. The van der Waals surface area contributed by atoms with Crippen molar-refractivity contribution >= 4 is 5.78 Å². The molecule has 0 aliphatic rings. The zero-order valence-electron chi connectivity index (χ0n) is 9.81. The summed E-state index contributed by atoms with van der Waals surface area (Å²) in [5, 5.41) is 0. The van der Waals surface area contributed by atoms with Gasteiger partial charge in [0, 0.05) is 17.7 Å². The Kier molecular flexibility index (Phi) is 3.35. The largest absolute Gasteiger partial charge is 0.326 e. The zero-order chi connectivity index (χ0) is 12.3. The third kappa shape index (κ3) is 2.60. The molecular weight excluding hydrogens is 210 g/mol. The number of benzene rings is 2. The van der Waals surface area contributed by atoms with Crippen molar-refractivity contribution in [2.75, 3.05) is 0 Å². The summed E-state index contributed by atoms with van der Waals surface area (Å²) < 4.78 is 0. The molecule has 0 atom stereocenters. The SMILES string of the molecule is Cc1cccc(C(=O)c2ccc(CN)cc2)c1. The number of rotatable bonds is 3. The molecule has 0 aliphatic carbocycles. The van der Waals surface area contributed by atoms with Crippen molar-refractivity contribution in [3.63, 3.8) is 0 Å². The van der Waals surface area contributed by atoms with Crippen LogP contribution in [0.5, 0.6) is 0 Å². The number of carbonyl (C=O) groups is 1. The lowest BCUT2D eigenvalue weighted by atomic mass is 10.0. The highest BCUT2D eigenvalue weighted by atomic mass is 16.1. The molecule has 0 bridgehead atoms. The topological polar surface area (TPSA) is 43.1 Å². The van der Waals surface area contributed by atoms with Crippen molar-refractivity contribution in [3.8, 4) is 0 Å². The van der Waals surface area contributed by atoms with Crippen LogP contribution in [-0.2, 0) is 6.54 Å². The van der Waals surface area contributed by atoms with Gasteiger partial charge >= 0.3 is 0 Å². The van der Waals surface area contributed by atoms with Gasteiger partial charge in [-0.05, 0) is 18.6 Å². The zero-order valence-corrected chi connectivity index (χ0v) is 9.81. The van der Waals surface area contributed by atoms with E-state index in [1.54, 1.807) is 0 Å². The maximum atomic E-state index is 12.2. The summed E-state index contributed by atoms with van der Waals surface area (Å²) in [6, 6.07) is 15.1. The van der Waals surface area contributed by atoms with Crippen molar-refractivity contribution < 1.29 is 4.79 Å². The average molecular weight is 225 g/mol. The minimum absolute atomic E-state index is 0.0530. The smallest absolute Gasteiger partial charge is 0.193 e. The lowest BCUT2D eigenvalue weighted by Crippen LogP contribution is -2.02. The molecule has 0 unspecified atom stereocenters. The van der Waals surface area contributed by atoms with Crippen LogP contribution in [-0.4, -0.2) is 5.78 Å². The van der Waals surface area contributed by atoms with Crippen LogP contribution < -0.4 is 5.73 Å². The summed E-state index contributed by atoms with van der Waals surface area (Å²) in [4.78, 5) is 12.2. The first kappa shape index (κ1) is 11.6. The van der Waals surface area contributed by atoms with Gasteiger partial charge in [0.1, 0.15) is 0 Å². The highest BCUT2D eigenvalue weighted by Crippen LogP contribution is 2.12. The molecule has 0 heterocycles. The maximum absolute atomic E-state index is 12.2. The standard InChI is InChI=1S/C15H15NO/c1-11-3-2-4-14(9-11)15(17)13-7-5-12(10-16)6-8-13/h2-9H,10,16H2,1H3. The van der Waals surface area contributed by atoms with Gasteiger partial charge in [-0.3, -0.25) is 4.79 Å². The van der Waals surface area contributed by atoms with Gasteiger partial charge in [0.05, 0.1) is 0 Å². The van der Waals surface area contributed by atoms with Gasteiger partial charge < -0.3 is 5.73 Å². The molecule has 0 radical (unpaired) electrons. The van der Waals surface area contributed by atoms with Gasteiger partial charge in [-0.15, -0.1) is 0 Å². The Morgan fingerprint density at radius 2 is 1.76 bits per heavy atom. The molecule has 2 nitrogen and oxygen atoms in total. The van der Waals surface area contributed by atoms with Gasteiger partial charge in [0.2, 0.25) is 0 Å². The number of hydrogen-bond acceptors (Lipinski definition) is 2. The fourth-order valence-corrected chi connectivity index (χ4v) is 1.75. The molecule has 0 saturated carbocycles. The second-order valence-corrected chi connectivity index (χ2v) is 4.10. The van der Waals surface area contributed by atoms with E-state index in [0.29, 0.717) is 12.1 Å². The van der Waals surface area contributed by atoms with E-state index < -0.39 is 0 Å². The maximum Gasteiger partial charge on any atom is 0.193 e.